The van der Waals surface area contributed by atoms with Gasteiger partial charge in [-0.25, -0.2) is 0 Å². The van der Waals surface area contributed by atoms with Gasteiger partial charge in [0.2, 0.25) is 0 Å². The van der Waals surface area contributed by atoms with Crippen molar-refractivity contribution < 1.29 is 0 Å². The van der Waals surface area contributed by atoms with E-state index in [1.54, 1.807) is 0 Å². The molecule has 2 aromatic carbocycles. The number of hydrogen-bond donors (Lipinski definition) is 0. The van der Waals surface area contributed by atoms with Gasteiger partial charge in [-0.2, -0.15) is 5.10 Å². The van der Waals surface area contributed by atoms with Crippen molar-refractivity contribution in [1.29, 1.82) is 0 Å². The van der Waals surface area contributed by atoms with Crippen molar-refractivity contribution in [3.63, 3.8) is 0 Å². The van der Waals surface area contributed by atoms with Crippen LogP contribution in [0.1, 0.15) is 56.4 Å². The molecular formula is C20H24N2. The van der Waals surface area contributed by atoms with E-state index in [0.717, 1.165) is 6.54 Å². The molecule has 0 aliphatic heterocycles. The maximum absolute atomic E-state index is 4.90. The van der Waals surface area contributed by atoms with Crippen LogP contribution in [0.5, 0.6) is 0 Å². The predicted molar refractivity (Wildman–Crippen MR) is 93.5 cm³/mol. The summed E-state index contributed by atoms with van der Waals surface area (Å²) in [4.78, 5) is 0. The molecule has 3 aromatic rings. The summed E-state index contributed by atoms with van der Waals surface area (Å²) in [6.07, 6.45) is 0. The molecule has 0 N–H and O–H groups in total. The normalized spacial score (nSPS) is 11.7. The first-order chi connectivity index (χ1) is 10.6. The van der Waals surface area contributed by atoms with Crippen LogP contribution < -0.4 is 0 Å². The first kappa shape index (κ1) is 14.8. The lowest BCUT2D eigenvalue weighted by Crippen LogP contribution is -2.02. The molecule has 0 saturated heterocycles. The topological polar surface area (TPSA) is 17.8 Å². The molecule has 0 bridgehead atoms. The van der Waals surface area contributed by atoms with Gasteiger partial charge in [-0.3, -0.25) is 4.68 Å². The fraction of sp³-hybridized carbons (Fsp3) is 0.350. The van der Waals surface area contributed by atoms with E-state index in [1.165, 1.54) is 27.7 Å². The summed E-state index contributed by atoms with van der Waals surface area (Å²) >= 11 is 0. The molecule has 0 atom stereocenters. The molecule has 2 nitrogen and oxygen atoms in total. The van der Waals surface area contributed by atoms with Gasteiger partial charge in [-0.05, 0) is 29.0 Å². The van der Waals surface area contributed by atoms with Crippen molar-refractivity contribution in [2.24, 2.45) is 0 Å². The number of benzene rings is 2. The minimum Gasteiger partial charge on any atom is -0.260 e. The van der Waals surface area contributed by atoms with E-state index in [9.17, 15) is 0 Å². The van der Waals surface area contributed by atoms with Crippen molar-refractivity contribution in [3.05, 3.63) is 65.4 Å². The molecule has 1 heterocycles. The Hall–Kier alpha value is -2.09. The third-order valence-electron chi connectivity index (χ3n) is 4.19. The van der Waals surface area contributed by atoms with E-state index in [2.05, 4.69) is 80.9 Å². The van der Waals surface area contributed by atoms with Crippen LogP contribution in [0.3, 0.4) is 0 Å². The molecule has 2 heteroatoms. The molecule has 0 amide bonds. The van der Waals surface area contributed by atoms with Crippen LogP contribution >= 0.6 is 0 Å². The van der Waals surface area contributed by atoms with Gasteiger partial charge in [0.15, 0.2) is 0 Å². The Bertz CT molecular complexity index is 767. The molecule has 3 rings (SSSR count). The zero-order valence-electron chi connectivity index (χ0n) is 13.9. The average Bonchev–Trinajstić information content (AvgIpc) is 2.86. The summed E-state index contributed by atoms with van der Waals surface area (Å²) in [7, 11) is 0. The van der Waals surface area contributed by atoms with Crippen LogP contribution in [0.4, 0.5) is 0 Å². The van der Waals surface area contributed by atoms with E-state index >= 15 is 0 Å². The second-order valence-electron chi connectivity index (χ2n) is 6.61. The molecule has 0 spiro atoms. The summed E-state index contributed by atoms with van der Waals surface area (Å²) in [5.74, 6) is 0.969. The predicted octanol–water partition coefficient (Wildman–Crippen LogP) is 5.33. The summed E-state index contributed by atoms with van der Waals surface area (Å²) in [5.41, 5.74) is 5.11. The lowest BCUT2D eigenvalue weighted by Gasteiger charge is -2.08. The van der Waals surface area contributed by atoms with Gasteiger partial charge in [0.25, 0.3) is 0 Å². The molecule has 0 unspecified atom stereocenters. The number of rotatable bonds is 4. The third-order valence-corrected chi connectivity index (χ3v) is 4.19. The Labute approximate surface area is 132 Å². The van der Waals surface area contributed by atoms with Gasteiger partial charge in [-0.15, -0.1) is 0 Å². The SMILES string of the molecule is CC(C)c1ccc2c(C(C)C)nn(Cc3ccccc3)c2c1. The van der Waals surface area contributed by atoms with Gasteiger partial charge in [0.1, 0.15) is 0 Å². The van der Waals surface area contributed by atoms with Gasteiger partial charge >= 0.3 is 0 Å². The molecule has 0 aliphatic carbocycles. The van der Waals surface area contributed by atoms with Crippen LogP contribution in [0, 0.1) is 0 Å². The minimum absolute atomic E-state index is 0.435. The highest BCUT2D eigenvalue weighted by atomic mass is 15.3. The molecule has 0 saturated carbocycles. The largest absolute Gasteiger partial charge is 0.260 e. The summed E-state index contributed by atoms with van der Waals surface area (Å²) < 4.78 is 2.16. The van der Waals surface area contributed by atoms with Crippen molar-refractivity contribution in [2.75, 3.05) is 0 Å². The molecule has 0 radical (unpaired) electrons. The number of fused-ring (bicyclic) bond motifs is 1. The summed E-state index contributed by atoms with van der Waals surface area (Å²) in [5, 5.41) is 6.19. The van der Waals surface area contributed by atoms with E-state index < -0.39 is 0 Å². The van der Waals surface area contributed by atoms with Crippen LogP contribution in [-0.4, -0.2) is 9.78 Å². The summed E-state index contributed by atoms with van der Waals surface area (Å²) in [6.45, 7) is 9.73. The van der Waals surface area contributed by atoms with E-state index in [1.807, 2.05) is 0 Å². The Morgan fingerprint density at radius 2 is 1.64 bits per heavy atom. The van der Waals surface area contributed by atoms with Gasteiger partial charge in [0.05, 0.1) is 17.8 Å². The Balaban J connectivity index is 2.13. The quantitative estimate of drug-likeness (QED) is 0.635. The van der Waals surface area contributed by atoms with E-state index in [4.69, 9.17) is 5.10 Å². The van der Waals surface area contributed by atoms with Crippen molar-refractivity contribution >= 4 is 10.9 Å². The second kappa shape index (κ2) is 5.96. The van der Waals surface area contributed by atoms with Crippen molar-refractivity contribution in [2.45, 2.75) is 46.1 Å². The molecule has 0 aliphatic rings. The van der Waals surface area contributed by atoms with Crippen LogP contribution in [-0.2, 0) is 6.54 Å². The lowest BCUT2D eigenvalue weighted by molar-refractivity contribution is 0.675. The standard InChI is InChI=1S/C20H24N2/c1-14(2)17-10-11-18-19(12-17)22(21-20(18)15(3)4)13-16-8-6-5-7-9-16/h5-12,14-15H,13H2,1-4H3. The molecule has 114 valence electrons. The van der Waals surface area contributed by atoms with Crippen LogP contribution in [0.2, 0.25) is 0 Å². The number of aromatic nitrogens is 2. The molecule has 1 aromatic heterocycles. The van der Waals surface area contributed by atoms with E-state index in [0.29, 0.717) is 11.8 Å². The van der Waals surface area contributed by atoms with Crippen LogP contribution in [0.25, 0.3) is 10.9 Å². The van der Waals surface area contributed by atoms with Crippen LogP contribution in [0.15, 0.2) is 48.5 Å². The average molecular weight is 292 g/mol. The highest BCUT2D eigenvalue weighted by molar-refractivity contribution is 5.83. The molecule has 0 fully saturated rings. The first-order valence-corrected chi connectivity index (χ1v) is 8.10. The van der Waals surface area contributed by atoms with Gasteiger partial charge < -0.3 is 0 Å². The summed E-state index contributed by atoms with van der Waals surface area (Å²) in [6, 6.07) is 17.3. The van der Waals surface area contributed by atoms with Gasteiger partial charge in [0, 0.05) is 5.39 Å². The number of hydrogen-bond acceptors (Lipinski definition) is 1. The second-order valence-corrected chi connectivity index (χ2v) is 6.61. The Morgan fingerprint density at radius 1 is 0.909 bits per heavy atom. The monoisotopic (exact) mass is 292 g/mol. The minimum atomic E-state index is 0.435. The van der Waals surface area contributed by atoms with Crippen molar-refractivity contribution in [1.82, 2.24) is 9.78 Å². The Morgan fingerprint density at radius 3 is 2.27 bits per heavy atom. The molecular weight excluding hydrogens is 268 g/mol. The highest BCUT2D eigenvalue weighted by Crippen LogP contribution is 2.28. The zero-order valence-corrected chi connectivity index (χ0v) is 13.9. The maximum Gasteiger partial charge on any atom is 0.0728 e. The van der Waals surface area contributed by atoms with Gasteiger partial charge in [-0.1, -0.05) is 70.2 Å². The lowest BCUT2D eigenvalue weighted by atomic mass is 9.99. The van der Waals surface area contributed by atoms with Crippen molar-refractivity contribution in [3.8, 4) is 0 Å². The highest BCUT2D eigenvalue weighted by Gasteiger charge is 2.14. The smallest absolute Gasteiger partial charge is 0.0728 e. The van der Waals surface area contributed by atoms with E-state index in [-0.39, 0.29) is 0 Å². The fourth-order valence-corrected chi connectivity index (χ4v) is 2.88. The number of nitrogens with zero attached hydrogens (tertiary/aromatic N) is 2. The third kappa shape index (κ3) is 2.78. The maximum atomic E-state index is 4.90. The first-order valence-electron chi connectivity index (χ1n) is 8.10. The Kier molecular flexibility index (Phi) is 4.02. The molecule has 22 heavy (non-hydrogen) atoms. The zero-order chi connectivity index (χ0) is 15.7. The fourth-order valence-electron chi connectivity index (χ4n) is 2.88.